The average molecular weight is 374 g/mol. The molecule has 1 saturated heterocycles. The van der Waals surface area contributed by atoms with Gasteiger partial charge in [0.1, 0.15) is 6.54 Å². The number of nitrogens with zero attached hydrogens (tertiary/aromatic N) is 1. The van der Waals surface area contributed by atoms with Crippen molar-refractivity contribution in [1.82, 2.24) is 4.90 Å². The molecule has 1 aliphatic rings. The van der Waals surface area contributed by atoms with E-state index >= 15 is 0 Å². The first-order valence-corrected chi connectivity index (χ1v) is 11.3. The van der Waals surface area contributed by atoms with Crippen molar-refractivity contribution in [2.45, 2.75) is 59.4 Å². The van der Waals surface area contributed by atoms with Gasteiger partial charge in [0, 0.05) is 0 Å². The van der Waals surface area contributed by atoms with Gasteiger partial charge in [0.05, 0.1) is 30.6 Å². The molecule has 0 radical (unpaired) electrons. The molecule has 25 heavy (non-hydrogen) atoms. The van der Waals surface area contributed by atoms with E-state index in [-0.39, 0.29) is 17.9 Å². The normalized spacial score (nSPS) is 24.5. The second-order valence-electron chi connectivity index (χ2n) is 8.16. The number of carboxylic acids is 1. The summed E-state index contributed by atoms with van der Waals surface area (Å²) in [5.41, 5.74) is -1.19. The van der Waals surface area contributed by atoms with E-state index in [0.717, 1.165) is 0 Å². The molecule has 0 spiro atoms. The number of β-lactam (4-membered cyclic amide) rings is 1. The maximum absolute atomic E-state index is 12.9. The van der Waals surface area contributed by atoms with Crippen LogP contribution in [-0.4, -0.2) is 62.2 Å². The lowest BCUT2D eigenvalue weighted by atomic mass is 9.61. The second kappa shape index (κ2) is 7.45. The molecule has 8 heteroatoms. The minimum Gasteiger partial charge on any atom is -0.481 e. The summed E-state index contributed by atoms with van der Waals surface area (Å²) in [5.74, 6) is -3.25. The Balaban J connectivity index is 3.31. The van der Waals surface area contributed by atoms with Gasteiger partial charge in [-0.1, -0.05) is 20.8 Å². The lowest BCUT2D eigenvalue weighted by Gasteiger charge is -2.59. The third kappa shape index (κ3) is 4.06. The second-order valence-corrected chi connectivity index (χ2v) is 10.5. The summed E-state index contributed by atoms with van der Waals surface area (Å²) in [6.07, 6.45) is 0. The van der Waals surface area contributed by atoms with Crippen molar-refractivity contribution in [1.29, 1.82) is 0 Å². The number of carbonyl (C=O) groups excluding carboxylic acids is 2. The molecular weight excluding hydrogens is 342 g/mol. The molecule has 1 fully saturated rings. The van der Waals surface area contributed by atoms with Gasteiger partial charge in [0.2, 0.25) is 5.91 Å². The van der Waals surface area contributed by atoms with Gasteiger partial charge < -0.3 is 19.2 Å². The molecule has 4 atom stereocenters. The predicted octanol–water partition coefficient (Wildman–Crippen LogP) is 1.51. The molecule has 0 aromatic carbocycles. The minimum absolute atomic E-state index is 0.243. The van der Waals surface area contributed by atoms with Gasteiger partial charge in [-0.05, 0) is 32.4 Å². The van der Waals surface area contributed by atoms with Gasteiger partial charge in [-0.25, -0.2) is 0 Å². The largest absolute Gasteiger partial charge is 0.481 e. The van der Waals surface area contributed by atoms with E-state index in [9.17, 15) is 19.5 Å². The summed E-state index contributed by atoms with van der Waals surface area (Å²) < 4.78 is 10.9. The van der Waals surface area contributed by atoms with Gasteiger partial charge in [0.15, 0.2) is 9.04 Å². The van der Waals surface area contributed by atoms with Crippen LogP contribution < -0.4 is 0 Å². The number of hydrogen-bond donors (Lipinski definition) is 1. The van der Waals surface area contributed by atoms with Crippen molar-refractivity contribution in [3.05, 3.63) is 0 Å². The van der Waals surface area contributed by atoms with Crippen LogP contribution >= 0.6 is 0 Å². The molecule has 1 amide bonds. The van der Waals surface area contributed by atoms with E-state index in [1.54, 1.807) is 6.92 Å². The molecule has 0 bridgehead atoms. The van der Waals surface area contributed by atoms with Crippen molar-refractivity contribution in [3.63, 3.8) is 0 Å². The molecular formula is C17H31NO6Si. The summed E-state index contributed by atoms with van der Waals surface area (Å²) in [5, 5.41) is 9.49. The van der Waals surface area contributed by atoms with Crippen LogP contribution in [0.15, 0.2) is 0 Å². The standard InChI is InChI=1S/C17H31NO6Si/c1-10(15(21)22)13-12(14(20)18(13)9-11(19)23-6)17(5,16(2,3)4)24-25(7)8/h10,12-13,25H,9H2,1-8H3,(H,21,22)/t10-,12+,13+,17+/m0/s1. The Kier molecular flexibility index (Phi) is 6.45. The molecule has 1 aliphatic heterocycles. The van der Waals surface area contributed by atoms with E-state index in [0.29, 0.717) is 0 Å². The zero-order valence-electron chi connectivity index (χ0n) is 16.5. The SMILES string of the molecule is COC(=O)CN1C(=O)[C@H]([C@@](C)(O[SiH](C)C)C(C)(C)C)[C@H]1[C@H](C)C(=O)O. The van der Waals surface area contributed by atoms with Crippen LogP contribution in [-0.2, 0) is 23.5 Å². The number of ether oxygens (including phenoxy) is 1. The first kappa shape index (κ1) is 21.6. The van der Waals surface area contributed by atoms with Gasteiger partial charge in [-0.3, -0.25) is 14.4 Å². The first-order chi connectivity index (χ1) is 11.3. The number of carbonyl (C=O) groups is 3. The van der Waals surface area contributed by atoms with Gasteiger partial charge in [-0.2, -0.15) is 0 Å². The molecule has 0 aromatic heterocycles. The predicted molar refractivity (Wildman–Crippen MR) is 95.6 cm³/mol. The highest BCUT2D eigenvalue weighted by Crippen LogP contribution is 2.49. The smallest absolute Gasteiger partial charge is 0.325 e. The van der Waals surface area contributed by atoms with Crippen molar-refractivity contribution >= 4 is 26.9 Å². The Morgan fingerprint density at radius 1 is 1.28 bits per heavy atom. The Morgan fingerprint density at radius 3 is 2.16 bits per heavy atom. The fourth-order valence-corrected chi connectivity index (χ4v) is 4.91. The number of likely N-dealkylation sites (tertiary alicyclic amines) is 1. The Labute approximate surface area is 151 Å². The maximum Gasteiger partial charge on any atom is 0.325 e. The van der Waals surface area contributed by atoms with Crippen LogP contribution in [0.2, 0.25) is 13.1 Å². The Hall–Kier alpha value is -1.41. The monoisotopic (exact) mass is 373 g/mol. The van der Waals surface area contributed by atoms with Crippen LogP contribution in [0.25, 0.3) is 0 Å². The van der Waals surface area contributed by atoms with Crippen LogP contribution in [0.5, 0.6) is 0 Å². The molecule has 0 unspecified atom stereocenters. The van der Waals surface area contributed by atoms with E-state index in [1.165, 1.54) is 12.0 Å². The molecule has 0 aromatic rings. The van der Waals surface area contributed by atoms with Gasteiger partial charge >= 0.3 is 11.9 Å². The van der Waals surface area contributed by atoms with Crippen molar-refractivity contribution in [2.24, 2.45) is 17.3 Å². The number of carboxylic acid groups (broad SMARTS) is 1. The number of aliphatic carboxylic acids is 1. The number of esters is 1. The summed E-state index contributed by atoms with van der Waals surface area (Å²) in [6.45, 7) is 13.2. The zero-order chi connectivity index (χ0) is 19.7. The summed E-state index contributed by atoms with van der Waals surface area (Å²) >= 11 is 0. The van der Waals surface area contributed by atoms with Crippen LogP contribution in [0.3, 0.4) is 0 Å². The van der Waals surface area contributed by atoms with E-state index in [4.69, 9.17) is 4.43 Å². The average Bonchev–Trinajstić information content (AvgIpc) is 2.46. The number of amides is 1. The lowest BCUT2D eigenvalue weighted by molar-refractivity contribution is -0.196. The minimum atomic E-state index is -1.51. The Bertz CT molecular complexity index is 544. The third-order valence-corrected chi connectivity index (χ3v) is 6.20. The summed E-state index contributed by atoms with van der Waals surface area (Å²) in [6, 6.07) is -0.610. The topological polar surface area (TPSA) is 93.1 Å². The van der Waals surface area contributed by atoms with Crippen LogP contribution in [0.1, 0.15) is 34.6 Å². The molecule has 7 nitrogen and oxygen atoms in total. The Morgan fingerprint density at radius 2 is 1.80 bits per heavy atom. The van der Waals surface area contributed by atoms with Crippen molar-refractivity contribution in [2.75, 3.05) is 13.7 Å². The van der Waals surface area contributed by atoms with E-state index < -0.39 is 44.5 Å². The molecule has 0 aliphatic carbocycles. The molecule has 144 valence electrons. The number of hydrogen-bond acceptors (Lipinski definition) is 5. The molecule has 0 saturated carbocycles. The highest BCUT2D eigenvalue weighted by atomic mass is 28.3. The fourth-order valence-electron chi connectivity index (χ4n) is 3.43. The highest BCUT2D eigenvalue weighted by molar-refractivity contribution is 6.48. The number of rotatable bonds is 7. The van der Waals surface area contributed by atoms with E-state index in [1.807, 2.05) is 40.8 Å². The van der Waals surface area contributed by atoms with Gasteiger partial charge in [0.25, 0.3) is 0 Å². The zero-order valence-corrected chi connectivity index (χ0v) is 17.6. The summed E-state index contributed by atoms with van der Waals surface area (Å²) in [4.78, 5) is 37.4. The van der Waals surface area contributed by atoms with E-state index in [2.05, 4.69) is 4.74 Å². The third-order valence-electron chi connectivity index (χ3n) is 5.24. The molecule has 1 heterocycles. The van der Waals surface area contributed by atoms with Crippen molar-refractivity contribution in [3.8, 4) is 0 Å². The van der Waals surface area contributed by atoms with Crippen LogP contribution in [0.4, 0.5) is 0 Å². The van der Waals surface area contributed by atoms with Crippen molar-refractivity contribution < 1.29 is 28.7 Å². The highest BCUT2D eigenvalue weighted by Gasteiger charge is 2.63. The quantitative estimate of drug-likeness (QED) is 0.413. The van der Waals surface area contributed by atoms with Gasteiger partial charge in [-0.15, -0.1) is 0 Å². The lowest BCUT2D eigenvalue weighted by Crippen LogP contribution is -2.74. The number of methoxy groups -OCH3 is 1. The summed E-state index contributed by atoms with van der Waals surface area (Å²) in [7, 11) is -0.264. The molecule has 1 rings (SSSR count). The van der Waals surface area contributed by atoms with Crippen LogP contribution in [0, 0.1) is 17.3 Å². The molecule has 1 N–H and O–H groups in total. The first-order valence-electron chi connectivity index (χ1n) is 8.55. The fraction of sp³-hybridized carbons (Fsp3) is 0.824. The maximum atomic E-state index is 12.9.